The molecule has 0 spiro atoms. The van der Waals surface area contributed by atoms with E-state index in [0.29, 0.717) is 17.3 Å². The van der Waals surface area contributed by atoms with E-state index in [2.05, 4.69) is 13.8 Å². The summed E-state index contributed by atoms with van der Waals surface area (Å²) in [7, 11) is 0. The topological polar surface area (TPSA) is 37.3 Å². The van der Waals surface area contributed by atoms with Crippen LogP contribution in [0.4, 0.5) is 0 Å². The van der Waals surface area contributed by atoms with E-state index in [-0.39, 0.29) is 5.92 Å². The van der Waals surface area contributed by atoms with E-state index >= 15 is 0 Å². The summed E-state index contributed by atoms with van der Waals surface area (Å²) in [6.45, 7) is 4.41. The van der Waals surface area contributed by atoms with Crippen molar-refractivity contribution in [3.05, 3.63) is 0 Å². The molecule has 0 aromatic carbocycles. The number of fused-ring (bicyclic) bond motifs is 1. The number of hydrogen-bond acceptors (Lipinski definition) is 1. The van der Waals surface area contributed by atoms with Crippen LogP contribution in [0.2, 0.25) is 0 Å². The predicted molar refractivity (Wildman–Crippen MR) is 41.1 cm³/mol. The van der Waals surface area contributed by atoms with Crippen LogP contribution in [0.1, 0.15) is 26.7 Å². The van der Waals surface area contributed by atoms with Crippen LogP contribution in [-0.4, -0.2) is 11.1 Å². The quantitative estimate of drug-likeness (QED) is 0.624. The van der Waals surface area contributed by atoms with E-state index in [4.69, 9.17) is 5.11 Å². The first-order valence-corrected chi connectivity index (χ1v) is 4.26. The predicted octanol–water partition coefficient (Wildman–Crippen LogP) is 1.75. The minimum atomic E-state index is -0.580. The lowest BCUT2D eigenvalue weighted by Gasteiger charge is -2.44. The fraction of sp³-hybridized carbons (Fsp3) is 0.889. The summed E-state index contributed by atoms with van der Waals surface area (Å²) in [6.07, 6.45) is 2.08. The van der Waals surface area contributed by atoms with Gasteiger partial charge in [0, 0.05) is 0 Å². The normalized spacial score (nSPS) is 45.1. The number of aliphatic carboxylic acids is 1. The van der Waals surface area contributed by atoms with Gasteiger partial charge in [-0.2, -0.15) is 0 Å². The lowest BCUT2D eigenvalue weighted by Crippen LogP contribution is -2.39. The molecule has 0 radical (unpaired) electrons. The van der Waals surface area contributed by atoms with Gasteiger partial charge in [-0.1, -0.05) is 13.8 Å². The molecular weight excluding hydrogens is 140 g/mol. The Bertz CT molecular complexity index is 208. The maximum Gasteiger partial charge on any atom is 0.306 e. The van der Waals surface area contributed by atoms with Crippen LogP contribution in [0.5, 0.6) is 0 Å². The minimum absolute atomic E-state index is 0.0324. The van der Waals surface area contributed by atoms with Crippen molar-refractivity contribution in [2.75, 3.05) is 0 Å². The summed E-state index contributed by atoms with van der Waals surface area (Å²) >= 11 is 0. The molecule has 11 heavy (non-hydrogen) atoms. The van der Waals surface area contributed by atoms with Gasteiger partial charge in [0.25, 0.3) is 0 Å². The summed E-state index contributed by atoms with van der Waals surface area (Å²) in [5.41, 5.74) is 0.322. The molecule has 3 rings (SSSR count). The molecule has 0 amide bonds. The Labute approximate surface area is 66.6 Å². The molecule has 1 N–H and O–H groups in total. The highest BCUT2D eigenvalue weighted by Crippen LogP contribution is 2.64. The van der Waals surface area contributed by atoms with Gasteiger partial charge in [0.15, 0.2) is 0 Å². The molecule has 3 saturated carbocycles. The third kappa shape index (κ3) is 0.700. The maximum atomic E-state index is 10.7. The van der Waals surface area contributed by atoms with E-state index < -0.39 is 5.97 Å². The second kappa shape index (κ2) is 1.79. The highest BCUT2D eigenvalue weighted by Gasteiger charge is 2.60. The summed E-state index contributed by atoms with van der Waals surface area (Å²) in [6, 6.07) is 0. The van der Waals surface area contributed by atoms with Gasteiger partial charge in [-0.25, -0.2) is 0 Å². The molecule has 0 heterocycles. The molecule has 0 saturated heterocycles. The summed E-state index contributed by atoms with van der Waals surface area (Å²) in [5.74, 6) is 0.539. The van der Waals surface area contributed by atoms with Crippen LogP contribution in [0.3, 0.4) is 0 Å². The van der Waals surface area contributed by atoms with Gasteiger partial charge < -0.3 is 5.11 Å². The Morgan fingerprint density at radius 2 is 2.09 bits per heavy atom. The number of hydrogen-bond donors (Lipinski definition) is 1. The molecule has 3 fully saturated rings. The summed E-state index contributed by atoms with van der Waals surface area (Å²) in [4.78, 5) is 10.7. The van der Waals surface area contributed by atoms with Gasteiger partial charge in [0.05, 0.1) is 5.92 Å². The molecule has 3 atom stereocenters. The van der Waals surface area contributed by atoms with Gasteiger partial charge >= 0.3 is 5.97 Å². The van der Waals surface area contributed by atoms with Gasteiger partial charge in [0.2, 0.25) is 0 Å². The lowest BCUT2D eigenvalue weighted by atomic mass is 9.60. The Morgan fingerprint density at radius 1 is 1.45 bits per heavy atom. The van der Waals surface area contributed by atoms with Crippen LogP contribution < -0.4 is 0 Å². The fourth-order valence-corrected chi connectivity index (χ4v) is 2.88. The molecule has 3 aliphatic rings. The summed E-state index contributed by atoms with van der Waals surface area (Å²) in [5, 5.41) is 8.84. The average molecular weight is 154 g/mol. The van der Waals surface area contributed by atoms with E-state index in [1.165, 1.54) is 0 Å². The molecule has 62 valence electrons. The Kier molecular flexibility index (Phi) is 1.16. The zero-order valence-electron chi connectivity index (χ0n) is 7.00. The number of carbonyl (C=O) groups is 1. The Balaban J connectivity index is 2.18. The minimum Gasteiger partial charge on any atom is -0.481 e. The first-order chi connectivity index (χ1) is 5.03. The van der Waals surface area contributed by atoms with E-state index in [9.17, 15) is 4.79 Å². The lowest BCUT2D eigenvalue weighted by molar-refractivity contribution is -0.144. The van der Waals surface area contributed by atoms with Crippen molar-refractivity contribution in [1.29, 1.82) is 0 Å². The monoisotopic (exact) mass is 154 g/mol. The largest absolute Gasteiger partial charge is 0.481 e. The molecule has 3 aliphatic carbocycles. The number of carboxylic acids is 1. The van der Waals surface area contributed by atoms with E-state index in [1.54, 1.807) is 0 Å². The molecule has 0 aliphatic heterocycles. The van der Waals surface area contributed by atoms with Gasteiger partial charge in [-0.05, 0) is 30.1 Å². The second-order valence-corrected chi connectivity index (χ2v) is 4.54. The van der Waals surface area contributed by atoms with Crippen molar-refractivity contribution in [3.63, 3.8) is 0 Å². The number of rotatable bonds is 1. The first kappa shape index (κ1) is 7.14. The number of carboxylic acid groups (broad SMARTS) is 1. The molecule has 0 unspecified atom stereocenters. The van der Waals surface area contributed by atoms with Gasteiger partial charge in [0.1, 0.15) is 0 Å². The van der Waals surface area contributed by atoms with Crippen LogP contribution in [0, 0.1) is 23.2 Å². The molecular formula is C9H14O2. The van der Waals surface area contributed by atoms with Crippen molar-refractivity contribution in [2.24, 2.45) is 23.2 Å². The van der Waals surface area contributed by atoms with Crippen molar-refractivity contribution in [3.8, 4) is 0 Å². The zero-order chi connectivity index (χ0) is 8.22. The second-order valence-electron chi connectivity index (χ2n) is 4.54. The third-order valence-electron chi connectivity index (χ3n) is 3.89. The fourth-order valence-electron chi connectivity index (χ4n) is 2.88. The molecule has 0 aromatic rings. The Hall–Kier alpha value is -0.530. The molecule has 2 heteroatoms. The summed E-state index contributed by atoms with van der Waals surface area (Å²) < 4.78 is 0. The van der Waals surface area contributed by atoms with E-state index in [0.717, 1.165) is 12.8 Å². The van der Waals surface area contributed by atoms with Crippen molar-refractivity contribution in [1.82, 2.24) is 0 Å². The van der Waals surface area contributed by atoms with Crippen LogP contribution in [0.25, 0.3) is 0 Å². The highest BCUT2D eigenvalue weighted by atomic mass is 16.4. The first-order valence-electron chi connectivity index (χ1n) is 4.26. The zero-order valence-corrected chi connectivity index (χ0v) is 7.00. The standard InChI is InChI=1S/C9H14O2/c1-9(2)5-3-6(8(10)11)7(9)4-5/h5-7H,3-4H2,1-2H3,(H,10,11)/t5-,6-,7+/m1/s1. The molecule has 2 nitrogen and oxygen atoms in total. The third-order valence-corrected chi connectivity index (χ3v) is 3.89. The van der Waals surface area contributed by atoms with Crippen molar-refractivity contribution < 1.29 is 9.90 Å². The van der Waals surface area contributed by atoms with Crippen molar-refractivity contribution in [2.45, 2.75) is 26.7 Å². The smallest absolute Gasteiger partial charge is 0.306 e. The Morgan fingerprint density at radius 3 is 2.27 bits per heavy atom. The molecule has 2 bridgehead atoms. The van der Waals surface area contributed by atoms with E-state index in [1.807, 2.05) is 0 Å². The van der Waals surface area contributed by atoms with Gasteiger partial charge in [-0.15, -0.1) is 0 Å². The van der Waals surface area contributed by atoms with Crippen molar-refractivity contribution >= 4 is 5.97 Å². The van der Waals surface area contributed by atoms with Crippen LogP contribution in [-0.2, 0) is 4.79 Å². The van der Waals surface area contributed by atoms with Crippen LogP contribution in [0.15, 0.2) is 0 Å². The van der Waals surface area contributed by atoms with Gasteiger partial charge in [-0.3, -0.25) is 4.79 Å². The maximum absolute atomic E-state index is 10.7. The average Bonchev–Trinajstić information content (AvgIpc) is 2.40. The highest BCUT2D eigenvalue weighted by molar-refractivity contribution is 5.71. The SMILES string of the molecule is CC1(C)[C@@H]2C[C@@H](C(=O)O)[C@@H]1C2. The molecule has 0 aromatic heterocycles. The van der Waals surface area contributed by atoms with Crippen LogP contribution >= 0.6 is 0 Å².